The molecule has 1 heterocycles. The molecular formula is C9H16N2O2. The predicted molar refractivity (Wildman–Crippen MR) is 48.3 cm³/mol. The molecule has 13 heavy (non-hydrogen) atoms. The van der Waals surface area contributed by atoms with Crippen LogP contribution in [0.25, 0.3) is 0 Å². The first-order valence-corrected chi connectivity index (χ1v) is 4.87. The van der Waals surface area contributed by atoms with Gasteiger partial charge in [-0.1, -0.05) is 6.42 Å². The molecule has 2 rings (SSSR count). The maximum Gasteiger partial charge on any atom is 0.324 e. The molecule has 0 bridgehead atoms. The second kappa shape index (κ2) is 2.96. The third kappa shape index (κ3) is 1.25. The monoisotopic (exact) mass is 184 g/mol. The van der Waals surface area contributed by atoms with E-state index in [4.69, 9.17) is 10.8 Å². The fourth-order valence-corrected chi connectivity index (χ4v) is 2.75. The molecule has 0 spiro atoms. The van der Waals surface area contributed by atoms with Crippen molar-refractivity contribution in [2.24, 2.45) is 17.6 Å². The molecule has 3 atom stereocenters. The Morgan fingerprint density at radius 2 is 2.31 bits per heavy atom. The SMILES string of the molecule is N[C@]1(C(=O)O)CCC[C@@H]2CNC[C@@H]21. The lowest BCUT2D eigenvalue weighted by atomic mass is 9.69. The highest BCUT2D eigenvalue weighted by molar-refractivity contribution is 5.79. The molecule has 0 aromatic carbocycles. The summed E-state index contributed by atoms with van der Waals surface area (Å²) in [7, 11) is 0. The minimum absolute atomic E-state index is 0.138. The van der Waals surface area contributed by atoms with Crippen LogP contribution in [0.15, 0.2) is 0 Å². The van der Waals surface area contributed by atoms with Gasteiger partial charge in [-0.25, -0.2) is 0 Å². The third-order valence-electron chi connectivity index (χ3n) is 3.57. The molecule has 4 N–H and O–H groups in total. The number of nitrogens with two attached hydrogens (primary N) is 1. The first kappa shape index (κ1) is 8.97. The summed E-state index contributed by atoms with van der Waals surface area (Å²) in [6.45, 7) is 1.71. The van der Waals surface area contributed by atoms with Crippen molar-refractivity contribution in [3.63, 3.8) is 0 Å². The Morgan fingerprint density at radius 3 is 3.00 bits per heavy atom. The maximum absolute atomic E-state index is 11.1. The van der Waals surface area contributed by atoms with Crippen LogP contribution in [0.5, 0.6) is 0 Å². The summed E-state index contributed by atoms with van der Waals surface area (Å²) in [6.07, 6.45) is 2.71. The number of carboxylic acid groups (broad SMARTS) is 1. The van der Waals surface area contributed by atoms with E-state index in [-0.39, 0.29) is 5.92 Å². The predicted octanol–water partition coefficient (Wildman–Crippen LogP) is -0.212. The van der Waals surface area contributed by atoms with Crippen LogP contribution >= 0.6 is 0 Å². The molecule has 0 aromatic rings. The van der Waals surface area contributed by atoms with E-state index in [1.165, 1.54) is 0 Å². The number of hydrogen-bond donors (Lipinski definition) is 3. The van der Waals surface area contributed by atoms with Crippen molar-refractivity contribution in [3.8, 4) is 0 Å². The summed E-state index contributed by atoms with van der Waals surface area (Å²) >= 11 is 0. The van der Waals surface area contributed by atoms with Gasteiger partial charge in [-0.05, 0) is 25.3 Å². The Balaban J connectivity index is 2.22. The van der Waals surface area contributed by atoms with Crippen molar-refractivity contribution in [1.82, 2.24) is 5.32 Å². The molecule has 2 fully saturated rings. The molecule has 1 aliphatic heterocycles. The van der Waals surface area contributed by atoms with Crippen LogP contribution in [-0.4, -0.2) is 29.7 Å². The second-order valence-electron chi connectivity index (χ2n) is 4.26. The number of aliphatic carboxylic acids is 1. The van der Waals surface area contributed by atoms with Gasteiger partial charge in [-0.2, -0.15) is 0 Å². The summed E-state index contributed by atoms with van der Waals surface area (Å²) in [4.78, 5) is 11.1. The first-order valence-electron chi connectivity index (χ1n) is 4.87. The smallest absolute Gasteiger partial charge is 0.324 e. The van der Waals surface area contributed by atoms with Crippen LogP contribution in [0.4, 0.5) is 0 Å². The first-order chi connectivity index (χ1) is 6.14. The Labute approximate surface area is 77.5 Å². The van der Waals surface area contributed by atoms with E-state index < -0.39 is 11.5 Å². The maximum atomic E-state index is 11.1. The molecule has 4 heteroatoms. The van der Waals surface area contributed by atoms with Crippen molar-refractivity contribution in [3.05, 3.63) is 0 Å². The summed E-state index contributed by atoms with van der Waals surface area (Å²) in [5.41, 5.74) is 4.98. The molecule has 1 aliphatic carbocycles. The highest BCUT2D eigenvalue weighted by atomic mass is 16.4. The average Bonchev–Trinajstić information content (AvgIpc) is 2.53. The van der Waals surface area contributed by atoms with Gasteiger partial charge in [0.2, 0.25) is 0 Å². The lowest BCUT2D eigenvalue weighted by Crippen LogP contribution is -2.58. The summed E-state index contributed by atoms with van der Waals surface area (Å²) in [6, 6.07) is 0. The van der Waals surface area contributed by atoms with Crippen molar-refractivity contribution in [2.75, 3.05) is 13.1 Å². The number of carbonyl (C=O) groups is 1. The lowest BCUT2D eigenvalue weighted by molar-refractivity contribution is -0.147. The molecule has 1 saturated carbocycles. The zero-order chi connectivity index (χ0) is 9.47. The van der Waals surface area contributed by atoms with Crippen LogP contribution in [-0.2, 0) is 4.79 Å². The van der Waals surface area contributed by atoms with E-state index in [0.717, 1.165) is 25.9 Å². The van der Waals surface area contributed by atoms with Gasteiger partial charge in [0.05, 0.1) is 0 Å². The van der Waals surface area contributed by atoms with E-state index in [2.05, 4.69) is 5.32 Å². The minimum atomic E-state index is -0.966. The highest BCUT2D eigenvalue weighted by Crippen LogP contribution is 2.38. The lowest BCUT2D eigenvalue weighted by Gasteiger charge is -2.38. The van der Waals surface area contributed by atoms with Gasteiger partial charge in [0.1, 0.15) is 5.54 Å². The molecule has 2 aliphatic rings. The molecule has 0 radical (unpaired) electrons. The van der Waals surface area contributed by atoms with Crippen LogP contribution < -0.4 is 11.1 Å². The summed E-state index contributed by atoms with van der Waals surface area (Å²) < 4.78 is 0. The van der Waals surface area contributed by atoms with Gasteiger partial charge in [0.15, 0.2) is 0 Å². The largest absolute Gasteiger partial charge is 0.480 e. The van der Waals surface area contributed by atoms with Crippen molar-refractivity contribution >= 4 is 5.97 Å². The molecule has 0 amide bonds. The van der Waals surface area contributed by atoms with Crippen molar-refractivity contribution < 1.29 is 9.90 Å². The molecule has 74 valence electrons. The highest BCUT2D eigenvalue weighted by Gasteiger charge is 2.49. The average molecular weight is 184 g/mol. The molecule has 4 nitrogen and oxygen atoms in total. The fourth-order valence-electron chi connectivity index (χ4n) is 2.75. The van der Waals surface area contributed by atoms with Gasteiger partial charge in [-0.15, -0.1) is 0 Å². The number of nitrogens with one attached hydrogen (secondary N) is 1. The van der Waals surface area contributed by atoms with Crippen molar-refractivity contribution in [2.45, 2.75) is 24.8 Å². The Kier molecular flexibility index (Phi) is 2.04. The van der Waals surface area contributed by atoms with E-state index >= 15 is 0 Å². The van der Waals surface area contributed by atoms with E-state index in [0.29, 0.717) is 12.3 Å². The third-order valence-corrected chi connectivity index (χ3v) is 3.57. The van der Waals surface area contributed by atoms with Gasteiger partial charge in [0.25, 0.3) is 0 Å². The summed E-state index contributed by atoms with van der Waals surface area (Å²) in [5.74, 6) is -0.209. The van der Waals surface area contributed by atoms with E-state index in [1.54, 1.807) is 0 Å². The van der Waals surface area contributed by atoms with Crippen LogP contribution in [0.1, 0.15) is 19.3 Å². The zero-order valence-corrected chi connectivity index (χ0v) is 7.62. The van der Waals surface area contributed by atoms with Crippen LogP contribution in [0.2, 0.25) is 0 Å². The van der Waals surface area contributed by atoms with Crippen molar-refractivity contribution in [1.29, 1.82) is 0 Å². The number of hydrogen-bond acceptors (Lipinski definition) is 3. The van der Waals surface area contributed by atoms with Crippen LogP contribution in [0.3, 0.4) is 0 Å². The van der Waals surface area contributed by atoms with E-state index in [1.807, 2.05) is 0 Å². The Hall–Kier alpha value is -0.610. The molecular weight excluding hydrogens is 168 g/mol. The molecule has 0 unspecified atom stereocenters. The number of rotatable bonds is 1. The normalized spacial score (nSPS) is 44.4. The fraction of sp³-hybridized carbons (Fsp3) is 0.889. The van der Waals surface area contributed by atoms with E-state index in [9.17, 15) is 4.79 Å². The topological polar surface area (TPSA) is 75.4 Å². The van der Waals surface area contributed by atoms with Gasteiger partial charge in [0, 0.05) is 12.5 Å². The van der Waals surface area contributed by atoms with Gasteiger partial charge in [-0.3, -0.25) is 4.79 Å². The quantitative estimate of drug-likeness (QED) is 0.527. The zero-order valence-electron chi connectivity index (χ0n) is 7.62. The second-order valence-corrected chi connectivity index (χ2v) is 4.26. The van der Waals surface area contributed by atoms with Crippen LogP contribution in [0, 0.1) is 11.8 Å². The molecule has 1 saturated heterocycles. The number of fused-ring (bicyclic) bond motifs is 1. The standard InChI is InChI=1S/C9H16N2O2/c10-9(8(12)13)3-1-2-6-4-11-5-7(6)9/h6-7,11H,1-5,10H2,(H,12,13)/t6-,7+,9-/m1/s1. The molecule has 0 aromatic heterocycles. The Bertz CT molecular complexity index is 232. The number of carboxylic acids is 1. The minimum Gasteiger partial charge on any atom is -0.480 e. The van der Waals surface area contributed by atoms with Gasteiger partial charge >= 0.3 is 5.97 Å². The Morgan fingerprint density at radius 1 is 1.54 bits per heavy atom. The summed E-state index contributed by atoms with van der Waals surface area (Å²) in [5, 5.41) is 12.3. The van der Waals surface area contributed by atoms with Gasteiger partial charge < -0.3 is 16.2 Å².